The summed E-state index contributed by atoms with van der Waals surface area (Å²) in [6.45, 7) is 5.05. The molecule has 104 valence electrons. The van der Waals surface area contributed by atoms with Gasteiger partial charge in [0.15, 0.2) is 0 Å². The molecular weight excluding hydrogens is 260 g/mol. The van der Waals surface area contributed by atoms with Crippen LogP contribution in [0.5, 0.6) is 0 Å². The second-order valence-electron chi connectivity index (χ2n) is 5.14. The van der Waals surface area contributed by atoms with Gasteiger partial charge in [0, 0.05) is 29.7 Å². The summed E-state index contributed by atoms with van der Waals surface area (Å²) in [7, 11) is 0. The van der Waals surface area contributed by atoms with E-state index in [2.05, 4.69) is 17.1 Å². The van der Waals surface area contributed by atoms with Crippen LogP contribution in [0.25, 0.3) is 0 Å². The van der Waals surface area contributed by atoms with Crippen LogP contribution in [0.1, 0.15) is 36.5 Å². The van der Waals surface area contributed by atoms with Crippen LogP contribution in [-0.4, -0.2) is 36.5 Å². The van der Waals surface area contributed by atoms with Gasteiger partial charge >= 0.3 is 0 Å². The van der Waals surface area contributed by atoms with E-state index in [1.54, 1.807) is 24.3 Å². The van der Waals surface area contributed by atoms with Gasteiger partial charge in [-0.25, -0.2) is 0 Å². The van der Waals surface area contributed by atoms with E-state index in [0.717, 1.165) is 13.1 Å². The first-order valence-corrected chi connectivity index (χ1v) is 7.32. The van der Waals surface area contributed by atoms with Crippen molar-refractivity contribution in [3.05, 3.63) is 34.9 Å². The molecule has 1 amide bonds. The average Bonchev–Trinajstić information content (AvgIpc) is 2.41. The number of piperidine rings is 1. The standard InChI is InChI=1S/C15H21ClN2O/c1-12-4-2-3-10-18(12)11-9-17-15(19)13-5-7-14(16)8-6-13/h5-8,12H,2-4,9-11H2,1H3,(H,17,19). The van der Waals surface area contributed by atoms with Crippen molar-refractivity contribution in [3.63, 3.8) is 0 Å². The molecule has 0 bridgehead atoms. The lowest BCUT2D eigenvalue weighted by Gasteiger charge is -2.33. The van der Waals surface area contributed by atoms with E-state index >= 15 is 0 Å². The highest BCUT2D eigenvalue weighted by Crippen LogP contribution is 2.15. The van der Waals surface area contributed by atoms with E-state index in [9.17, 15) is 4.79 Å². The summed E-state index contributed by atoms with van der Waals surface area (Å²) < 4.78 is 0. The van der Waals surface area contributed by atoms with Crippen LogP contribution in [0.4, 0.5) is 0 Å². The van der Waals surface area contributed by atoms with Crippen LogP contribution in [0.3, 0.4) is 0 Å². The van der Waals surface area contributed by atoms with Gasteiger partial charge in [-0.15, -0.1) is 0 Å². The zero-order valence-electron chi connectivity index (χ0n) is 11.4. The second kappa shape index (κ2) is 6.92. The van der Waals surface area contributed by atoms with Gasteiger partial charge in [-0.3, -0.25) is 9.69 Å². The van der Waals surface area contributed by atoms with Crippen molar-refractivity contribution in [1.82, 2.24) is 10.2 Å². The quantitative estimate of drug-likeness (QED) is 0.920. The number of nitrogens with zero attached hydrogens (tertiary/aromatic N) is 1. The Kier molecular flexibility index (Phi) is 5.23. The Hall–Kier alpha value is -1.06. The van der Waals surface area contributed by atoms with Gasteiger partial charge in [-0.1, -0.05) is 18.0 Å². The molecule has 0 spiro atoms. The molecule has 0 radical (unpaired) electrons. The third-order valence-corrected chi connectivity index (χ3v) is 3.98. The molecule has 1 aliphatic heterocycles. The van der Waals surface area contributed by atoms with Crippen molar-refractivity contribution in [3.8, 4) is 0 Å². The highest BCUT2D eigenvalue weighted by atomic mass is 35.5. The van der Waals surface area contributed by atoms with Crippen molar-refractivity contribution in [2.24, 2.45) is 0 Å². The molecule has 4 heteroatoms. The van der Waals surface area contributed by atoms with E-state index in [-0.39, 0.29) is 5.91 Å². The van der Waals surface area contributed by atoms with Crippen molar-refractivity contribution < 1.29 is 4.79 Å². The number of likely N-dealkylation sites (tertiary alicyclic amines) is 1. The fraction of sp³-hybridized carbons (Fsp3) is 0.533. The molecule has 1 saturated heterocycles. The summed E-state index contributed by atoms with van der Waals surface area (Å²) >= 11 is 5.80. The minimum atomic E-state index is -0.0265. The molecule has 1 heterocycles. The van der Waals surface area contributed by atoms with Crippen LogP contribution >= 0.6 is 11.6 Å². The van der Waals surface area contributed by atoms with Gasteiger partial charge in [0.1, 0.15) is 0 Å². The minimum absolute atomic E-state index is 0.0265. The molecule has 1 unspecified atom stereocenters. The Morgan fingerprint density at radius 1 is 1.37 bits per heavy atom. The van der Waals surface area contributed by atoms with E-state index in [0.29, 0.717) is 23.2 Å². The molecule has 0 saturated carbocycles. The number of hydrogen-bond donors (Lipinski definition) is 1. The number of hydrogen-bond acceptors (Lipinski definition) is 2. The minimum Gasteiger partial charge on any atom is -0.351 e. The van der Waals surface area contributed by atoms with Gasteiger partial charge < -0.3 is 5.32 Å². The van der Waals surface area contributed by atoms with Crippen molar-refractivity contribution >= 4 is 17.5 Å². The highest BCUT2D eigenvalue weighted by molar-refractivity contribution is 6.30. The average molecular weight is 281 g/mol. The molecule has 1 atom stereocenters. The van der Waals surface area contributed by atoms with Crippen LogP contribution in [0.2, 0.25) is 5.02 Å². The third-order valence-electron chi connectivity index (χ3n) is 3.73. The summed E-state index contributed by atoms with van der Waals surface area (Å²) in [5, 5.41) is 3.61. The number of halogens is 1. The Bertz CT molecular complexity index is 419. The molecule has 0 aromatic heterocycles. The summed E-state index contributed by atoms with van der Waals surface area (Å²) in [5.74, 6) is -0.0265. The SMILES string of the molecule is CC1CCCCN1CCNC(=O)c1ccc(Cl)cc1. The number of rotatable bonds is 4. The van der Waals surface area contributed by atoms with Crippen molar-refractivity contribution in [2.75, 3.05) is 19.6 Å². The van der Waals surface area contributed by atoms with Crippen molar-refractivity contribution in [1.29, 1.82) is 0 Å². The predicted octanol–water partition coefficient (Wildman–Crippen LogP) is 2.94. The van der Waals surface area contributed by atoms with E-state index in [1.807, 2.05) is 0 Å². The molecule has 2 rings (SSSR count). The smallest absolute Gasteiger partial charge is 0.251 e. The Morgan fingerprint density at radius 2 is 2.11 bits per heavy atom. The first-order valence-electron chi connectivity index (χ1n) is 6.94. The summed E-state index contributed by atoms with van der Waals surface area (Å²) in [4.78, 5) is 14.4. The van der Waals surface area contributed by atoms with Crippen LogP contribution in [0, 0.1) is 0 Å². The second-order valence-corrected chi connectivity index (χ2v) is 5.58. The fourth-order valence-electron chi connectivity index (χ4n) is 2.51. The monoisotopic (exact) mass is 280 g/mol. The van der Waals surface area contributed by atoms with E-state index in [1.165, 1.54) is 19.3 Å². The van der Waals surface area contributed by atoms with Gasteiger partial charge in [-0.05, 0) is 50.6 Å². The maximum atomic E-state index is 11.9. The summed E-state index contributed by atoms with van der Waals surface area (Å²) in [6, 6.07) is 7.62. The lowest BCUT2D eigenvalue weighted by Crippen LogP contribution is -2.42. The highest BCUT2D eigenvalue weighted by Gasteiger charge is 2.17. The van der Waals surface area contributed by atoms with E-state index in [4.69, 9.17) is 11.6 Å². The van der Waals surface area contributed by atoms with Gasteiger partial charge in [0.05, 0.1) is 0 Å². The Morgan fingerprint density at radius 3 is 2.79 bits per heavy atom. The Balaban J connectivity index is 1.76. The summed E-state index contributed by atoms with van der Waals surface area (Å²) in [5.41, 5.74) is 0.663. The number of benzene rings is 1. The number of amides is 1. The normalized spacial score (nSPS) is 20.2. The van der Waals surface area contributed by atoms with E-state index < -0.39 is 0 Å². The molecule has 1 aromatic carbocycles. The first-order chi connectivity index (χ1) is 9.16. The van der Waals surface area contributed by atoms with Crippen molar-refractivity contribution in [2.45, 2.75) is 32.2 Å². The molecular formula is C15H21ClN2O. The zero-order valence-corrected chi connectivity index (χ0v) is 12.1. The molecule has 19 heavy (non-hydrogen) atoms. The topological polar surface area (TPSA) is 32.3 Å². The Labute approximate surface area is 119 Å². The van der Waals surface area contributed by atoms with Gasteiger partial charge in [-0.2, -0.15) is 0 Å². The summed E-state index contributed by atoms with van der Waals surface area (Å²) in [6.07, 6.45) is 3.87. The lowest BCUT2D eigenvalue weighted by molar-refractivity contribution is 0.0938. The molecule has 3 nitrogen and oxygen atoms in total. The zero-order chi connectivity index (χ0) is 13.7. The lowest BCUT2D eigenvalue weighted by atomic mass is 10.0. The van der Waals surface area contributed by atoms with Crippen LogP contribution in [0.15, 0.2) is 24.3 Å². The molecule has 1 fully saturated rings. The largest absolute Gasteiger partial charge is 0.351 e. The molecule has 1 aliphatic rings. The number of carbonyl (C=O) groups excluding carboxylic acids is 1. The maximum Gasteiger partial charge on any atom is 0.251 e. The molecule has 1 aromatic rings. The first kappa shape index (κ1) is 14.4. The van der Waals surface area contributed by atoms with Gasteiger partial charge in [0.2, 0.25) is 0 Å². The van der Waals surface area contributed by atoms with Crippen LogP contribution < -0.4 is 5.32 Å². The van der Waals surface area contributed by atoms with Crippen LogP contribution in [-0.2, 0) is 0 Å². The fourth-order valence-corrected chi connectivity index (χ4v) is 2.63. The molecule has 1 N–H and O–H groups in total. The van der Waals surface area contributed by atoms with Gasteiger partial charge in [0.25, 0.3) is 5.91 Å². The maximum absolute atomic E-state index is 11.9. The number of nitrogens with one attached hydrogen (secondary N) is 1. The molecule has 0 aliphatic carbocycles. The predicted molar refractivity (Wildman–Crippen MR) is 78.7 cm³/mol. The third kappa shape index (κ3) is 4.22. The number of carbonyl (C=O) groups is 1.